The Labute approximate surface area is 100 Å². The quantitative estimate of drug-likeness (QED) is 0.432. The summed E-state index contributed by atoms with van der Waals surface area (Å²) in [5, 5.41) is 8.63. The molecule has 0 aromatic rings. The predicted octanol–water partition coefficient (Wildman–Crippen LogP) is 3.67. The van der Waals surface area contributed by atoms with Crippen molar-refractivity contribution in [3.8, 4) is 0 Å². The number of rotatable bonds is 11. The van der Waals surface area contributed by atoms with E-state index in [1.54, 1.807) is 0 Å². The highest BCUT2D eigenvalue weighted by Gasteiger charge is 2.36. The van der Waals surface area contributed by atoms with Crippen LogP contribution < -0.4 is 0 Å². The van der Waals surface area contributed by atoms with Crippen molar-refractivity contribution in [1.82, 2.24) is 0 Å². The number of unbranched alkanes of at least 4 members (excludes halogenated alkanes) is 6. The molecule has 1 saturated heterocycles. The van der Waals surface area contributed by atoms with E-state index in [-0.39, 0.29) is 0 Å². The van der Waals surface area contributed by atoms with Crippen LogP contribution in [0.1, 0.15) is 71.1 Å². The largest absolute Gasteiger partial charge is 0.396 e. The smallest absolute Gasteiger partial charge is 0.0841 e. The van der Waals surface area contributed by atoms with Gasteiger partial charge in [0, 0.05) is 6.61 Å². The van der Waals surface area contributed by atoms with Crippen LogP contribution in [0.5, 0.6) is 0 Å². The molecule has 2 nitrogen and oxygen atoms in total. The van der Waals surface area contributed by atoms with Crippen LogP contribution >= 0.6 is 0 Å². The number of epoxide rings is 1. The lowest BCUT2D eigenvalue weighted by atomic mass is 10.1. The third kappa shape index (κ3) is 6.49. The summed E-state index contributed by atoms with van der Waals surface area (Å²) >= 11 is 0. The Morgan fingerprint density at radius 2 is 1.38 bits per heavy atom. The Bertz CT molecular complexity index is 159. The Morgan fingerprint density at radius 3 is 2.00 bits per heavy atom. The zero-order valence-electron chi connectivity index (χ0n) is 10.8. The molecule has 1 aliphatic heterocycles. The summed E-state index contributed by atoms with van der Waals surface area (Å²) in [6.07, 6.45) is 13.8. The number of hydrogen-bond acceptors (Lipinski definition) is 2. The maximum absolute atomic E-state index is 8.63. The summed E-state index contributed by atoms with van der Waals surface area (Å²) in [6.45, 7) is 2.60. The molecule has 0 amide bonds. The minimum atomic E-state index is 0.356. The van der Waals surface area contributed by atoms with Crippen LogP contribution in [0.3, 0.4) is 0 Å². The first-order valence-electron chi connectivity index (χ1n) is 7.14. The van der Waals surface area contributed by atoms with E-state index in [0.29, 0.717) is 18.8 Å². The van der Waals surface area contributed by atoms with E-state index >= 15 is 0 Å². The average molecular weight is 228 g/mol. The van der Waals surface area contributed by atoms with Crippen LogP contribution in [0, 0.1) is 0 Å². The molecule has 0 radical (unpaired) electrons. The summed E-state index contributed by atoms with van der Waals surface area (Å²) in [4.78, 5) is 0. The molecule has 1 rings (SSSR count). The maximum Gasteiger partial charge on any atom is 0.0841 e. The van der Waals surface area contributed by atoms with E-state index in [1.165, 1.54) is 57.8 Å². The molecule has 1 aliphatic rings. The fourth-order valence-corrected chi connectivity index (χ4v) is 2.26. The van der Waals surface area contributed by atoms with Gasteiger partial charge in [-0.2, -0.15) is 0 Å². The van der Waals surface area contributed by atoms with Crippen LogP contribution in [0.4, 0.5) is 0 Å². The van der Waals surface area contributed by atoms with Gasteiger partial charge < -0.3 is 9.84 Å². The third-order valence-corrected chi connectivity index (χ3v) is 3.43. The number of aliphatic hydroxyl groups excluding tert-OH is 1. The normalized spacial score (nSPS) is 23.6. The maximum atomic E-state index is 8.63. The van der Waals surface area contributed by atoms with Crippen LogP contribution in [0.15, 0.2) is 0 Å². The van der Waals surface area contributed by atoms with Crippen LogP contribution in [0.2, 0.25) is 0 Å². The van der Waals surface area contributed by atoms with Gasteiger partial charge in [0.05, 0.1) is 12.2 Å². The Hall–Kier alpha value is -0.0800. The van der Waals surface area contributed by atoms with Gasteiger partial charge in [-0.25, -0.2) is 0 Å². The first-order chi connectivity index (χ1) is 7.88. The molecular formula is C14H28O2. The van der Waals surface area contributed by atoms with Crippen molar-refractivity contribution < 1.29 is 9.84 Å². The summed E-state index contributed by atoms with van der Waals surface area (Å²) in [6, 6.07) is 0. The second kappa shape index (κ2) is 9.00. The van der Waals surface area contributed by atoms with E-state index < -0.39 is 0 Å². The van der Waals surface area contributed by atoms with Crippen molar-refractivity contribution in [3.05, 3.63) is 0 Å². The number of hydrogen-bond donors (Lipinski definition) is 1. The number of aliphatic hydroxyl groups is 1. The highest BCUT2D eigenvalue weighted by atomic mass is 16.6. The first-order valence-corrected chi connectivity index (χ1v) is 7.14. The van der Waals surface area contributed by atoms with Crippen molar-refractivity contribution in [1.29, 1.82) is 0 Å². The molecule has 0 aliphatic carbocycles. The van der Waals surface area contributed by atoms with Gasteiger partial charge in [-0.3, -0.25) is 0 Å². The molecule has 0 spiro atoms. The summed E-state index contributed by atoms with van der Waals surface area (Å²) in [5.74, 6) is 0. The molecule has 96 valence electrons. The molecule has 1 fully saturated rings. The van der Waals surface area contributed by atoms with E-state index in [1.807, 2.05) is 0 Å². The zero-order valence-corrected chi connectivity index (χ0v) is 10.8. The topological polar surface area (TPSA) is 32.8 Å². The monoisotopic (exact) mass is 228 g/mol. The third-order valence-electron chi connectivity index (χ3n) is 3.43. The lowest BCUT2D eigenvalue weighted by molar-refractivity contribution is 0.282. The van der Waals surface area contributed by atoms with E-state index in [4.69, 9.17) is 9.84 Å². The van der Waals surface area contributed by atoms with E-state index in [9.17, 15) is 0 Å². The SMILES string of the molecule is CCCCC1OC1CCCCCCCCO. The average Bonchev–Trinajstić information content (AvgIpc) is 3.04. The van der Waals surface area contributed by atoms with Gasteiger partial charge in [0.15, 0.2) is 0 Å². The van der Waals surface area contributed by atoms with Crippen molar-refractivity contribution >= 4 is 0 Å². The minimum absolute atomic E-state index is 0.356. The molecule has 0 bridgehead atoms. The van der Waals surface area contributed by atoms with Gasteiger partial charge in [-0.15, -0.1) is 0 Å². The van der Waals surface area contributed by atoms with Gasteiger partial charge >= 0.3 is 0 Å². The van der Waals surface area contributed by atoms with Gasteiger partial charge in [-0.1, -0.05) is 51.9 Å². The van der Waals surface area contributed by atoms with Crippen LogP contribution in [-0.2, 0) is 4.74 Å². The molecule has 0 aromatic carbocycles. The first kappa shape index (κ1) is 14.0. The molecule has 16 heavy (non-hydrogen) atoms. The fraction of sp³-hybridized carbons (Fsp3) is 1.00. The molecule has 2 heteroatoms. The Balaban J connectivity index is 1.76. The van der Waals surface area contributed by atoms with Crippen molar-refractivity contribution in [2.75, 3.05) is 6.61 Å². The highest BCUT2D eigenvalue weighted by Crippen LogP contribution is 2.31. The lowest BCUT2D eigenvalue weighted by Gasteiger charge is -1.99. The summed E-state index contributed by atoms with van der Waals surface area (Å²) < 4.78 is 5.63. The Kier molecular flexibility index (Phi) is 7.87. The standard InChI is InChI=1S/C14H28O2/c1-2-3-10-13-14(16-13)11-8-6-4-5-7-9-12-15/h13-15H,2-12H2,1H3. The molecule has 2 unspecified atom stereocenters. The molecule has 0 aromatic heterocycles. The van der Waals surface area contributed by atoms with Gasteiger partial charge in [0.1, 0.15) is 0 Å². The van der Waals surface area contributed by atoms with Gasteiger partial charge in [0.25, 0.3) is 0 Å². The van der Waals surface area contributed by atoms with Crippen molar-refractivity contribution in [2.45, 2.75) is 83.3 Å². The summed E-state index contributed by atoms with van der Waals surface area (Å²) in [7, 11) is 0. The van der Waals surface area contributed by atoms with Gasteiger partial charge in [0.2, 0.25) is 0 Å². The number of ether oxygens (including phenoxy) is 1. The van der Waals surface area contributed by atoms with Crippen molar-refractivity contribution in [2.24, 2.45) is 0 Å². The summed E-state index contributed by atoms with van der Waals surface area (Å²) in [5.41, 5.74) is 0. The second-order valence-corrected chi connectivity index (χ2v) is 4.99. The van der Waals surface area contributed by atoms with Gasteiger partial charge in [-0.05, 0) is 19.3 Å². The minimum Gasteiger partial charge on any atom is -0.396 e. The highest BCUT2D eigenvalue weighted by molar-refractivity contribution is 4.84. The predicted molar refractivity (Wildman–Crippen MR) is 67.6 cm³/mol. The van der Waals surface area contributed by atoms with Crippen LogP contribution in [-0.4, -0.2) is 23.9 Å². The second-order valence-electron chi connectivity index (χ2n) is 4.99. The zero-order chi connectivity index (χ0) is 11.6. The van der Waals surface area contributed by atoms with Crippen LogP contribution in [0.25, 0.3) is 0 Å². The van der Waals surface area contributed by atoms with E-state index in [2.05, 4.69) is 6.92 Å². The molecular weight excluding hydrogens is 200 g/mol. The van der Waals surface area contributed by atoms with E-state index in [0.717, 1.165) is 6.42 Å². The fourth-order valence-electron chi connectivity index (χ4n) is 2.26. The van der Waals surface area contributed by atoms with Crippen molar-refractivity contribution in [3.63, 3.8) is 0 Å². The molecule has 1 N–H and O–H groups in total. The Morgan fingerprint density at radius 1 is 0.812 bits per heavy atom. The lowest BCUT2D eigenvalue weighted by Crippen LogP contribution is -1.94. The molecule has 2 atom stereocenters. The molecule has 0 saturated carbocycles. The molecule has 1 heterocycles.